The first-order valence-corrected chi connectivity index (χ1v) is 6.62. The maximum absolute atomic E-state index is 13.2. The molecule has 1 aromatic carbocycles. The van der Waals surface area contributed by atoms with Crippen molar-refractivity contribution in [1.29, 1.82) is 0 Å². The SMILES string of the molecule is CNCc1cc(F)cnc1Oc1cc(Br)ccc1C. The van der Waals surface area contributed by atoms with Crippen molar-refractivity contribution in [2.45, 2.75) is 13.5 Å². The van der Waals surface area contributed by atoms with Gasteiger partial charge in [-0.15, -0.1) is 0 Å². The first-order chi connectivity index (χ1) is 9.10. The predicted molar refractivity (Wildman–Crippen MR) is 75.9 cm³/mol. The Labute approximate surface area is 119 Å². The van der Waals surface area contributed by atoms with E-state index in [1.165, 1.54) is 6.07 Å². The Morgan fingerprint density at radius 3 is 2.89 bits per heavy atom. The van der Waals surface area contributed by atoms with E-state index in [1.807, 2.05) is 25.1 Å². The van der Waals surface area contributed by atoms with Crippen LogP contribution in [0.25, 0.3) is 0 Å². The molecule has 0 saturated carbocycles. The zero-order valence-electron chi connectivity index (χ0n) is 10.7. The van der Waals surface area contributed by atoms with Gasteiger partial charge in [0, 0.05) is 16.6 Å². The molecule has 0 amide bonds. The van der Waals surface area contributed by atoms with Gasteiger partial charge >= 0.3 is 0 Å². The molecule has 19 heavy (non-hydrogen) atoms. The Hall–Kier alpha value is -1.46. The Bertz CT molecular complexity index is 590. The normalized spacial score (nSPS) is 10.5. The van der Waals surface area contributed by atoms with E-state index >= 15 is 0 Å². The number of pyridine rings is 1. The van der Waals surface area contributed by atoms with E-state index in [1.54, 1.807) is 7.05 Å². The molecule has 3 nitrogen and oxygen atoms in total. The fraction of sp³-hybridized carbons (Fsp3) is 0.214. The predicted octanol–water partition coefficient (Wildman–Crippen LogP) is 3.80. The number of aryl methyl sites for hydroxylation is 1. The van der Waals surface area contributed by atoms with E-state index in [9.17, 15) is 4.39 Å². The highest BCUT2D eigenvalue weighted by Crippen LogP contribution is 2.29. The summed E-state index contributed by atoms with van der Waals surface area (Å²) in [7, 11) is 1.79. The fourth-order valence-corrected chi connectivity index (χ4v) is 2.01. The van der Waals surface area contributed by atoms with Gasteiger partial charge in [-0.25, -0.2) is 9.37 Å². The molecular formula is C14H14BrFN2O. The largest absolute Gasteiger partial charge is 0.438 e. The number of nitrogens with one attached hydrogen (secondary N) is 1. The Morgan fingerprint density at radius 2 is 2.16 bits per heavy atom. The van der Waals surface area contributed by atoms with Gasteiger partial charge < -0.3 is 10.1 Å². The summed E-state index contributed by atoms with van der Waals surface area (Å²) in [4.78, 5) is 4.01. The summed E-state index contributed by atoms with van der Waals surface area (Å²) in [5, 5.41) is 2.97. The van der Waals surface area contributed by atoms with Gasteiger partial charge in [-0.1, -0.05) is 22.0 Å². The van der Waals surface area contributed by atoms with Crippen LogP contribution in [0.1, 0.15) is 11.1 Å². The summed E-state index contributed by atoms with van der Waals surface area (Å²) in [6.07, 6.45) is 1.15. The van der Waals surface area contributed by atoms with Gasteiger partial charge in [-0.3, -0.25) is 0 Å². The van der Waals surface area contributed by atoms with Crippen LogP contribution in [0, 0.1) is 12.7 Å². The maximum atomic E-state index is 13.2. The summed E-state index contributed by atoms with van der Waals surface area (Å²) in [5.41, 5.74) is 1.67. The molecule has 0 saturated heterocycles. The second-order valence-corrected chi connectivity index (χ2v) is 5.08. The standard InChI is InChI=1S/C14H14BrFN2O/c1-9-3-4-11(15)6-13(9)19-14-10(7-17-2)5-12(16)8-18-14/h3-6,8,17H,7H2,1-2H3. The molecule has 1 aromatic heterocycles. The van der Waals surface area contributed by atoms with Crippen molar-refractivity contribution in [2.24, 2.45) is 0 Å². The second-order valence-electron chi connectivity index (χ2n) is 4.16. The van der Waals surface area contributed by atoms with E-state index in [4.69, 9.17) is 4.74 Å². The molecule has 1 N–H and O–H groups in total. The maximum Gasteiger partial charge on any atom is 0.223 e. The van der Waals surface area contributed by atoms with Crippen molar-refractivity contribution in [3.63, 3.8) is 0 Å². The number of hydrogen-bond donors (Lipinski definition) is 1. The monoisotopic (exact) mass is 324 g/mol. The van der Waals surface area contributed by atoms with Crippen molar-refractivity contribution in [2.75, 3.05) is 7.05 Å². The number of hydrogen-bond acceptors (Lipinski definition) is 3. The average Bonchev–Trinajstić information content (AvgIpc) is 2.37. The number of ether oxygens (including phenoxy) is 1. The van der Waals surface area contributed by atoms with E-state index in [0.717, 1.165) is 16.2 Å². The molecule has 0 fully saturated rings. The first-order valence-electron chi connectivity index (χ1n) is 5.83. The first kappa shape index (κ1) is 14.0. The van der Waals surface area contributed by atoms with Crippen molar-refractivity contribution in [3.8, 4) is 11.6 Å². The minimum atomic E-state index is -0.372. The van der Waals surface area contributed by atoms with E-state index in [-0.39, 0.29) is 5.82 Å². The van der Waals surface area contributed by atoms with E-state index in [0.29, 0.717) is 23.7 Å². The molecule has 5 heteroatoms. The summed E-state index contributed by atoms with van der Waals surface area (Å²) in [6, 6.07) is 7.17. The lowest BCUT2D eigenvalue weighted by atomic mass is 10.2. The van der Waals surface area contributed by atoms with Gasteiger partial charge in [0.05, 0.1) is 6.20 Å². The second kappa shape index (κ2) is 6.12. The molecule has 0 aliphatic heterocycles. The molecule has 0 aliphatic carbocycles. The molecule has 0 atom stereocenters. The molecule has 0 radical (unpaired) electrons. The van der Waals surface area contributed by atoms with Crippen LogP contribution >= 0.6 is 15.9 Å². The summed E-state index contributed by atoms with van der Waals surface area (Å²) < 4.78 is 19.9. The van der Waals surface area contributed by atoms with Crippen LogP contribution < -0.4 is 10.1 Å². The molecule has 100 valence electrons. The quantitative estimate of drug-likeness (QED) is 0.928. The van der Waals surface area contributed by atoms with Crippen LogP contribution in [0.2, 0.25) is 0 Å². The van der Waals surface area contributed by atoms with Crippen LogP contribution in [-0.4, -0.2) is 12.0 Å². The van der Waals surface area contributed by atoms with Gasteiger partial charge in [-0.05, 0) is 37.7 Å². The number of benzene rings is 1. The van der Waals surface area contributed by atoms with Crippen molar-refractivity contribution < 1.29 is 9.13 Å². The molecule has 2 rings (SSSR count). The topological polar surface area (TPSA) is 34.2 Å². The number of rotatable bonds is 4. The van der Waals surface area contributed by atoms with Crippen molar-refractivity contribution in [3.05, 3.63) is 51.9 Å². The van der Waals surface area contributed by atoms with Crippen LogP contribution in [0.5, 0.6) is 11.6 Å². The number of nitrogens with zero attached hydrogens (tertiary/aromatic N) is 1. The highest BCUT2D eigenvalue weighted by molar-refractivity contribution is 9.10. The van der Waals surface area contributed by atoms with E-state index < -0.39 is 0 Å². The van der Waals surface area contributed by atoms with Gasteiger partial charge in [0.1, 0.15) is 11.6 Å². The third kappa shape index (κ3) is 3.52. The summed E-state index contributed by atoms with van der Waals surface area (Å²) in [6.45, 7) is 2.44. The third-order valence-electron chi connectivity index (χ3n) is 2.62. The van der Waals surface area contributed by atoms with Crippen LogP contribution in [-0.2, 0) is 6.54 Å². The van der Waals surface area contributed by atoms with Gasteiger partial charge in [0.15, 0.2) is 0 Å². The number of aromatic nitrogens is 1. The van der Waals surface area contributed by atoms with Gasteiger partial charge in [-0.2, -0.15) is 0 Å². The third-order valence-corrected chi connectivity index (χ3v) is 3.11. The fourth-order valence-electron chi connectivity index (χ4n) is 1.67. The lowest BCUT2D eigenvalue weighted by Gasteiger charge is -2.12. The Kier molecular flexibility index (Phi) is 4.50. The lowest BCUT2D eigenvalue weighted by Crippen LogP contribution is -2.08. The minimum Gasteiger partial charge on any atom is -0.438 e. The minimum absolute atomic E-state index is 0.372. The molecule has 0 aliphatic rings. The van der Waals surface area contributed by atoms with Crippen molar-refractivity contribution in [1.82, 2.24) is 10.3 Å². The molecule has 0 bridgehead atoms. The zero-order chi connectivity index (χ0) is 13.8. The summed E-state index contributed by atoms with van der Waals surface area (Å²) in [5.74, 6) is 0.742. The zero-order valence-corrected chi connectivity index (χ0v) is 12.3. The highest BCUT2D eigenvalue weighted by Gasteiger charge is 2.09. The Morgan fingerprint density at radius 1 is 1.37 bits per heavy atom. The lowest BCUT2D eigenvalue weighted by molar-refractivity contribution is 0.446. The number of halogens is 2. The molecule has 1 heterocycles. The highest BCUT2D eigenvalue weighted by atomic mass is 79.9. The van der Waals surface area contributed by atoms with E-state index in [2.05, 4.69) is 26.2 Å². The smallest absolute Gasteiger partial charge is 0.223 e. The van der Waals surface area contributed by atoms with Crippen LogP contribution in [0.4, 0.5) is 4.39 Å². The van der Waals surface area contributed by atoms with Gasteiger partial charge in [0.25, 0.3) is 0 Å². The molecule has 0 unspecified atom stereocenters. The van der Waals surface area contributed by atoms with Gasteiger partial charge in [0.2, 0.25) is 5.88 Å². The Balaban J connectivity index is 2.34. The molecular weight excluding hydrogens is 311 g/mol. The molecule has 2 aromatic rings. The average molecular weight is 325 g/mol. The van der Waals surface area contributed by atoms with Crippen molar-refractivity contribution >= 4 is 15.9 Å². The van der Waals surface area contributed by atoms with Crippen LogP contribution in [0.15, 0.2) is 34.9 Å². The summed E-state index contributed by atoms with van der Waals surface area (Å²) >= 11 is 3.40. The van der Waals surface area contributed by atoms with Crippen LogP contribution in [0.3, 0.4) is 0 Å². The molecule has 0 spiro atoms.